The van der Waals surface area contributed by atoms with E-state index in [-0.39, 0.29) is 0 Å². The van der Waals surface area contributed by atoms with Crippen LogP contribution in [0.25, 0.3) is 22.6 Å². The minimum atomic E-state index is 0.468. The summed E-state index contributed by atoms with van der Waals surface area (Å²) in [4.78, 5) is 4.44. The van der Waals surface area contributed by atoms with Crippen LogP contribution < -0.4 is 5.32 Å². The summed E-state index contributed by atoms with van der Waals surface area (Å²) in [5.74, 6) is 0.468. The van der Waals surface area contributed by atoms with Gasteiger partial charge < -0.3 is 9.73 Å². The Kier molecular flexibility index (Phi) is 3.09. The highest BCUT2D eigenvalue weighted by molar-refractivity contribution is 6.35. The van der Waals surface area contributed by atoms with E-state index in [4.69, 9.17) is 27.6 Å². The minimum absolute atomic E-state index is 0.468. The average molecular weight is 293 g/mol. The van der Waals surface area contributed by atoms with E-state index in [1.54, 1.807) is 18.2 Å². The molecular weight excluding hydrogens is 283 g/mol. The Morgan fingerprint density at radius 3 is 2.74 bits per heavy atom. The summed E-state index contributed by atoms with van der Waals surface area (Å²) in [6.07, 6.45) is 0. The monoisotopic (exact) mass is 292 g/mol. The number of rotatable bonds is 2. The van der Waals surface area contributed by atoms with Gasteiger partial charge >= 0.3 is 0 Å². The van der Waals surface area contributed by atoms with Crippen molar-refractivity contribution in [3.05, 3.63) is 46.4 Å². The largest absolute Gasteiger partial charge is 0.436 e. The molecule has 96 valence electrons. The second kappa shape index (κ2) is 4.76. The molecular formula is C14H10Cl2N2O. The number of fused-ring (bicyclic) bond motifs is 1. The number of nitrogens with one attached hydrogen (secondary N) is 1. The van der Waals surface area contributed by atoms with Crippen molar-refractivity contribution in [2.45, 2.75) is 0 Å². The highest BCUT2D eigenvalue weighted by Crippen LogP contribution is 2.32. The Morgan fingerprint density at radius 1 is 1.11 bits per heavy atom. The van der Waals surface area contributed by atoms with Gasteiger partial charge in [-0.05, 0) is 36.4 Å². The zero-order chi connectivity index (χ0) is 13.4. The topological polar surface area (TPSA) is 38.1 Å². The van der Waals surface area contributed by atoms with E-state index in [9.17, 15) is 0 Å². The molecule has 0 aliphatic carbocycles. The van der Waals surface area contributed by atoms with E-state index in [0.29, 0.717) is 27.1 Å². The molecule has 1 heterocycles. The van der Waals surface area contributed by atoms with Crippen LogP contribution in [0.3, 0.4) is 0 Å². The van der Waals surface area contributed by atoms with Crippen molar-refractivity contribution in [2.24, 2.45) is 0 Å². The summed E-state index contributed by atoms with van der Waals surface area (Å²) in [5.41, 5.74) is 3.16. The Labute approximate surface area is 120 Å². The van der Waals surface area contributed by atoms with Crippen molar-refractivity contribution < 1.29 is 4.42 Å². The van der Waals surface area contributed by atoms with E-state index < -0.39 is 0 Å². The maximum atomic E-state index is 6.15. The lowest BCUT2D eigenvalue weighted by Crippen LogP contribution is -1.86. The van der Waals surface area contributed by atoms with E-state index in [2.05, 4.69) is 10.3 Å². The third-order valence-electron chi connectivity index (χ3n) is 2.84. The summed E-state index contributed by atoms with van der Waals surface area (Å²) < 4.78 is 5.71. The zero-order valence-corrected chi connectivity index (χ0v) is 11.6. The first kappa shape index (κ1) is 12.3. The molecule has 0 unspecified atom stereocenters. The first-order chi connectivity index (χ1) is 9.17. The van der Waals surface area contributed by atoms with Gasteiger partial charge in [-0.2, -0.15) is 0 Å². The van der Waals surface area contributed by atoms with E-state index >= 15 is 0 Å². The lowest BCUT2D eigenvalue weighted by Gasteiger charge is -1.99. The molecule has 0 saturated heterocycles. The fraction of sp³-hybridized carbons (Fsp3) is 0.0714. The number of benzene rings is 2. The maximum Gasteiger partial charge on any atom is 0.228 e. The molecule has 3 rings (SSSR count). The molecule has 0 amide bonds. The number of halogens is 2. The number of hydrogen-bond donors (Lipinski definition) is 1. The van der Waals surface area contributed by atoms with Crippen LogP contribution >= 0.6 is 23.2 Å². The first-order valence-electron chi connectivity index (χ1n) is 5.71. The molecule has 2 aromatic carbocycles. The fourth-order valence-electron chi connectivity index (χ4n) is 1.86. The Balaban J connectivity index is 2.17. The van der Waals surface area contributed by atoms with Crippen molar-refractivity contribution in [1.29, 1.82) is 0 Å². The quantitative estimate of drug-likeness (QED) is 0.734. The van der Waals surface area contributed by atoms with Gasteiger partial charge in [0.1, 0.15) is 5.52 Å². The van der Waals surface area contributed by atoms with Gasteiger partial charge in [-0.25, -0.2) is 4.98 Å². The molecule has 0 aliphatic rings. The van der Waals surface area contributed by atoms with Crippen LogP contribution in [-0.4, -0.2) is 12.0 Å². The van der Waals surface area contributed by atoms with E-state index in [0.717, 1.165) is 11.2 Å². The lowest BCUT2D eigenvalue weighted by molar-refractivity contribution is 0.620. The van der Waals surface area contributed by atoms with Crippen LogP contribution in [0.1, 0.15) is 0 Å². The van der Waals surface area contributed by atoms with Gasteiger partial charge in [0, 0.05) is 17.8 Å². The van der Waals surface area contributed by atoms with Crippen LogP contribution in [0.2, 0.25) is 10.0 Å². The Bertz CT molecular complexity index is 752. The number of hydrogen-bond acceptors (Lipinski definition) is 3. The highest BCUT2D eigenvalue weighted by Gasteiger charge is 2.12. The van der Waals surface area contributed by atoms with Crippen LogP contribution in [-0.2, 0) is 0 Å². The van der Waals surface area contributed by atoms with E-state index in [1.807, 2.05) is 25.2 Å². The van der Waals surface area contributed by atoms with Gasteiger partial charge in [-0.3, -0.25) is 0 Å². The van der Waals surface area contributed by atoms with Crippen molar-refractivity contribution in [3.63, 3.8) is 0 Å². The van der Waals surface area contributed by atoms with Crippen molar-refractivity contribution in [1.82, 2.24) is 4.98 Å². The normalized spacial score (nSPS) is 10.9. The Morgan fingerprint density at radius 2 is 1.95 bits per heavy atom. The fourth-order valence-corrected chi connectivity index (χ4v) is 2.23. The molecule has 0 atom stereocenters. The summed E-state index contributed by atoms with van der Waals surface area (Å²) >= 11 is 12.1. The third kappa shape index (κ3) is 2.27. The van der Waals surface area contributed by atoms with Gasteiger partial charge in [0.15, 0.2) is 5.58 Å². The third-order valence-corrected chi connectivity index (χ3v) is 3.40. The van der Waals surface area contributed by atoms with Crippen LogP contribution in [0.4, 0.5) is 5.69 Å². The van der Waals surface area contributed by atoms with Gasteiger partial charge in [0.25, 0.3) is 0 Å². The molecule has 19 heavy (non-hydrogen) atoms. The molecule has 3 nitrogen and oxygen atoms in total. The molecule has 0 fully saturated rings. The van der Waals surface area contributed by atoms with Crippen molar-refractivity contribution >= 4 is 40.0 Å². The molecule has 3 aromatic rings. The second-order valence-corrected chi connectivity index (χ2v) is 4.92. The van der Waals surface area contributed by atoms with Gasteiger partial charge in [-0.1, -0.05) is 23.2 Å². The Hall–Kier alpha value is -1.71. The smallest absolute Gasteiger partial charge is 0.228 e. The summed E-state index contributed by atoms with van der Waals surface area (Å²) in [5, 5.41) is 4.21. The number of anilines is 1. The van der Waals surface area contributed by atoms with Gasteiger partial charge in [-0.15, -0.1) is 0 Å². The van der Waals surface area contributed by atoms with Crippen molar-refractivity contribution in [2.75, 3.05) is 12.4 Å². The SMILES string of the molecule is CNc1ccc2oc(-c3cc(Cl)ccc3Cl)nc2c1. The van der Waals surface area contributed by atoms with Gasteiger partial charge in [0.2, 0.25) is 5.89 Å². The summed E-state index contributed by atoms with van der Waals surface area (Å²) in [6.45, 7) is 0. The highest BCUT2D eigenvalue weighted by atomic mass is 35.5. The molecule has 0 aliphatic heterocycles. The average Bonchev–Trinajstić information content (AvgIpc) is 2.83. The summed E-state index contributed by atoms with van der Waals surface area (Å²) in [6, 6.07) is 10.9. The number of aromatic nitrogens is 1. The maximum absolute atomic E-state index is 6.15. The predicted octanol–water partition coefficient (Wildman–Crippen LogP) is 4.84. The molecule has 0 radical (unpaired) electrons. The standard InChI is InChI=1S/C14H10Cl2N2O/c1-17-9-3-5-13-12(7-9)18-14(19-13)10-6-8(15)2-4-11(10)16/h2-7,17H,1H3. The molecule has 1 aromatic heterocycles. The predicted molar refractivity (Wildman–Crippen MR) is 79.0 cm³/mol. The van der Waals surface area contributed by atoms with Crippen molar-refractivity contribution in [3.8, 4) is 11.5 Å². The molecule has 0 bridgehead atoms. The van der Waals surface area contributed by atoms with E-state index in [1.165, 1.54) is 0 Å². The van der Waals surface area contributed by atoms with Crippen LogP contribution in [0.15, 0.2) is 40.8 Å². The van der Waals surface area contributed by atoms with Gasteiger partial charge in [0.05, 0.1) is 10.6 Å². The van der Waals surface area contributed by atoms with Crippen LogP contribution in [0, 0.1) is 0 Å². The number of nitrogens with zero attached hydrogens (tertiary/aromatic N) is 1. The second-order valence-electron chi connectivity index (χ2n) is 4.08. The van der Waals surface area contributed by atoms with Crippen LogP contribution in [0.5, 0.6) is 0 Å². The molecule has 0 spiro atoms. The number of oxazole rings is 1. The molecule has 1 N–H and O–H groups in total. The minimum Gasteiger partial charge on any atom is -0.436 e. The summed E-state index contributed by atoms with van der Waals surface area (Å²) in [7, 11) is 1.86. The first-order valence-corrected chi connectivity index (χ1v) is 6.47. The lowest BCUT2D eigenvalue weighted by atomic mass is 10.2. The molecule has 5 heteroatoms. The zero-order valence-electron chi connectivity index (χ0n) is 10.1. The molecule has 0 saturated carbocycles.